The van der Waals surface area contributed by atoms with E-state index in [1.54, 1.807) is 12.1 Å². The molecule has 0 saturated heterocycles. The first-order valence-electron chi connectivity index (χ1n) is 6.84. The Balaban J connectivity index is 1.85. The van der Waals surface area contributed by atoms with Crippen molar-refractivity contribution in [2.45, 2.75) is 17.4 Å². The van der Waals surface area contributed by atoms with E-state index in [1.807, 2.05) is 16.9 Å². The fourth-order valence-electron chi connectivity index (χ4n) is 2.40. The van der Waals surface area contributed by atoms with E-state index in [4.69, 9.17) is 16.3 Å². The Morgan fingerprint density at radius 1 is 1.30 bits per heavy atom. The van der Waals surface area contributed by atoms with E-state index in [2.05, 4.69) is 4.98 Å². The summed E-state index contributed by atoms with van der Waals surface area (Å²) in [4.78, 5) is 15.9. The number of nitrogens with one attached hydrogen (secondary N) is 1. The summed E-state index contributed by atoms with van der Waals surface area (Å²) in [6.45, 7) is 0.355. The van der Waals surface area contributed by atoms with E-state index >= 15 is 0 Å². The number of hydrogen-bond donors (Lipinski definition) is 1. The first-order chi connectivity index (χ1) is 11.0. The fourth-order valence-corrected chi connectivity index (χ4v) is 3.61. The average molecular weight is 353 g/mol. The molecule has 6 nitrogen and oxygen atoms in total. The Kier molecular flexibility index (Phi) is 4.34. The minimum absolute atomic E-state index is 0.166. The number of rotatable bonds is 3. The van der Waals surface area contributed by atoms with Crippen molar-refractivity contribution in [1.29, 1.82) is 0 Å². The summed E-state index contributed by atoms with van der Waals surface area (Å²) in [5.41, 5.74) is 1.65. The van der Waals surface area contributed by atoms with E-state index < -0.39 is 22.0 Å². The van der Waals surface area contributed by atoms with Gasteiger partial charge in [-0.15, -0.1) is 0 Å². The maximum absolute atomic E-state index is 12.4. The predicted octanol–water partition coefficient (Wildman–Crippen LogP) is 1.85. The zero-order chi connectivity index (χ0) is 16.4. The van der Waals surface area contributed by atoms with Crippen LogP contribution in [0.3, 0.4) is 0 Å². The molecule has 0 spiro atoms. The maximum Gasteiger partial charge on any atom is 0.267 e. The zero-order valence-electron chi connectivity index (χ0n) is 11.9. The number of carbonyl (C=O) groups is 1. The number of fused-ring (bicyclic) bond motifs is 1. The number of halogens is 1. The molecule has 0 fully saturated rings. The maximum atomic E-state index is 12.4. The summed E-state index contributed by atoms with van der Waals surface area (Å²) in [5, 5.41) is 0.166. The molecule has 8 heteroatoms. The number of carbonyl (C=O) groups excluding carboxylic acids is 1. The first-order valence-corrected chi connectivity index (χ1v) is 8.70. The molecule has 120 valence electrons. The lowest BCUT2D eigenvalue weighted by Crippen LogP contribution is -2.37. The Morgan fingerprint density at radius 3 is 2.87 bits per heavy atom. The van der Waals surface area contributed by atoms with Gasteiger partial charge in [0.2, 0.25) is 0 Å². The van der Waals surface area contributed by atoms with Crippen LogP contribution in [0.1, 0.15) is 17.2 Å². The predicted molar refractivity (Wildman–Crippen MR) is 83.4 cm³/mol. The number of hydrogen-bond acceptors (Lipinski definition) is 5. The standard InChI is InChI=1S/C15H13ClN2O4S/c16-11-7-12(9-17-8-11)23(20,21)18-15(19)14-13-4-2-1-3-10(13)5-6-22-14/h1-4,7-9,14H,5-6H2,(H,18,19)/t14-/m0/s1. The van der Waals surface area contributed by atoms with E-state index in [1.165, 1.54) is 12.3 Å². The number of nitrogens with zero attached hydrogens (tertiary/aromatic N) is 1. The zero-order valence-corrected chi connectivity index (χ0v) is 13.5. The van der Waals surface area contributed by atoms with E-state index in [0.717, 1.165) is 11.8 Å². The lowest BCUT2D eigenvalue weighted by Gasteiger charge is -2.25. The van der Waals surface area contributed by atoms with Crippen molar-refractivity contribution in [2.75, 3.05) is 6.61 Å². The van der Waals surface area contributed by atoms with Gasteiger partial charge >= 0.3 is 0 Å². The Bertz CT molecular complexity index is 854. The molecule has 0 saturated carbocycles. The molecule has 1 N–H and O–H groups in total. The highest BCUT2D eigenvalue weighted by molar-refractivity contribution is 7.90. The van der Waals surface area contributed by atoms with Crippen LogP contribution in [0.25, 0.3) is 0 Å². The molecule has 0 bridgehead atoms. The lowest BCUT2D eigenvalue weighted by atomic mass is 9.97. The van der Waals surface area contributed by atoms with Crippen LogP contribution in [0.4, 0.5) is 0 Å². The second-order valence-corrected chi connectivity index (χ2v) is 7.13. The smallest absolute Gasteiger partial charge is 0.267 e. The number of pyridine rings is 1. The summed E-state index contributed by atoms with van der Waals surface area (Å²) in [5.74, 6) is -0.739. The molecule has 3 rings (SSSR count). The Morgan fingerprint density at radius 2 is 2.09 bits per heavy atom. The third kappa shape index (κ3) is 3.36. The molecule has 0 aliphatic carbocycles. The molecule has 23 heavy (non-hydrogen) atoms. The molecule has 2 aromatic rings. The molecular weight excluding hydrogens is 340 g/mol. The topological polar surface area (TPSA) is 85.4 Å². The van der Waals surface area contributed by atoms with Crippen LogP contribution in [0.5, 0.6) is 0 Å². The minimum atomic E-state index is -4.06. The van der Waals surface area contributed by atoms with Gasteiger partial charge in [0.1, 0.15) is 4.90 Å². The highest BCUT2D eigenvalue weighted by Crippen LogP contribution is 2.27. The van der Waals surface area contributed by atoms with Crippen LogP contribution in [0.15, 0.2) is 47.6 Å². The number of benzene rings is 1. The summed E-state index contributed by atoms with van der Waals surface area (Å²) >= 11 is 5.74. The van der Waals surface area contributed by atoms with Crippen molar-refractivity contribution < 1.29 is 17.9 Å². The third-order valence-corrected chi connectivity index (χ3v) is 4.98. The molecule has 1 atom stereocenters. The first kappa shape index (κ1) is 15.9. The molecular formula is C15H13ClN2O4S. The van der Waals surface area contributed by atoms with Gasteiger partial charge in [-0.2, -0.15) is 0 Å². The van der Waals surface area contributed by atoms with Gasteiger partial charge < -0.3 is 4.74 Å². The SMILES string of the molecule is O=C(NS(=O)(=O)c1cncc(Cl)c1)[C@H]1OCCc2ccccc21. The molecule has 1 aromatic heterocycles. The largest absolute Gasteiger partial charge is 0.363 e. The summed E-state index contributed by atoms with van der Waals surface area (Å²) in [6, 6.07) is 8.52. The van der Waals surface area contributed by atoms with Crippen molar-refractivity contribution in [3.63, 3.8) is 0 Å². The Labute approximate surface area is 138 Å². The number of aromatic nitrogens is 1. The van der Waals surface area contributed by atoms with Crippen LogP contribution in [0, 0.1) is 0 Å². The van der Waals surface area contributed by atoms with Gasteiger partial charge in [-0.1, -0.05) is 35.9 Å². The number of ether oxygens (including phenoxy) is 1. The van der Waals surface area contributed by atoms with E-state index in [0.29, 0.717) is 18.6 Å². The van der Waals surface area contributed by atoms with Gasteiger partial charge in [0.15, 0.2) is 6.10 Å². The molecule has 1 aromatic carbocycles. The molecule has 1 aliphatic rings. The lowest BCUT2D eigenvalue weighted by molar-refractivity contribution is -0.132. The molecule has 1 aliphatic heterocycles. The van der Waals surface area contributed by atoms with Crippen molar-refractivity contribution in [3.05, 3.63) is 58.9 Å². The second kappa shape index (κ2) is 6.27. The van der Waals surface area contributed by atoms with Crippen molar-refractivity contribution in [1.82, 2.24) is 9.71 Å². The van der Waals surface area contributed by atoms with Gasteiger partial charge in [-0.3, -0.25) is 9.78 Å². The van der Waals surface area contributed by atoms with Gasteiger partial charge in [0.25, 0.3) is 15.9 Å². The highest BCUT2D eigenvalue weighted by atomic mass is 35.5. The summed E-state index contributed by atoms with van der Waals surface area (Å²) in [6.07, 6.45) is 2.16. The summed E-state index contributed by atoms with van der Waals surface area (Å²) < 4.78 is 32.0. The van der Waals surface area contributed by atoms with Gasteiger partial charge in [0.05, 0.1) is 11.6 Å². The number of sulfonamides is 1. The fraction of sp³-hybridized carbons (Fsp3) is 0.200. The van der Waals surface area contributed by atoms with Crippen molar-refractivity contribution >= 4 is 27.5 Å². The highest BCUT2D eigenvalue weighted by Gasteiger charge is 2.30. The molecule has 0 radical (unpaired) electrons. The normalized spacial score (nSPS) is 17.3. The number of amides is 1. The quantitative estimate of drug-likeness (QED) is 0.911. The Hall–Kier alpha value is -1.96. The molecule has 0 unspecified atom stereocenters. The molecule has 2 heterocycles. The van der Waals surface area contributed by atoms with Gasteiger partial charge in [0, 0.05) is 12.4 Å². The van der Waals surface area contributed by atoms with Crippen LogP contribution in [-0.4, -0.2) is 25.9 Å². The van der Waals surface area contributed by atoms with E-state index in [-0.39, 0.29) is 9.92 Å². The van der Waals surface area contributed by atoms with Crippen molar-refractivity contribution in [3.8, 4) is 0 Å². The summed E-state index contributed by atoms with van der Waals surface area (Å²) in [7, 11) is -4.06. The van der Waals surface area contributed by atoms with Crippen LogP contribution < -0.4 is 4.72 Å². The molecule has 1 amide bonds. The van der Waals surface area contributed by atoms with Crippen LogP contribution in [0.2, 0.25) is 5.02 Å². The average Bonchev–Trinajstić information content (AvgIpc) is 2.54. The van der Waals surface area contributed by atoms with Gasteiger partial charge in [-0.05, 0) is 23.6 Å². The monoisotopic (exact) mass is 352 g/mol. The third-order valence-electron chi connectivity index (χ3n) is 3.46. The minimum Gasteiger partial charge on any atom is -0.363 e. The second-order valence-electron chi connectivity index (χ2n) is 5.01. The van der Waals surface area contributed by atoms with Gasteiger partial charge in [-0.25, -0.2) is 13.1 Å². The van der Waals surface area contributed by atoms with Crippen molar-refractivity contribution in [2.24, 2.45) is 0 Å². The van der Waals surface area contributed by atoms with E-state index in [9.17, 15) is 13.2 Å². The van der Waals surface area contributed by atoms with Crippen LogP contribution in [-0.2, 0) is 26.0 Å². The van der Waals surface area contributed by atoms with Crippen LogP contribution >= 0.6 is 11.6 Å².